The van der Waals surface area contributed by atoms with Gasteiger partial charge in [-0.15, -0.1) is 11.8 Å². The molecule has 1 saturated heterocycles. The molecule has 0 saturated carbocycles. The summed E-state index contributed by atoms with van der Waals surface area (Å²) in [5, 5.41) is 20.7. The minimum Gasteiger partial charge on any atom is -0.507 e. The molecule has 1 aliphatic rings. The lowest BCUT2D eigenvalue weighted by molar-refractivity contribution is 0.271. The Morgan fingerprint density at radius 1 is 1.06 bits per heavy atom. The molecular weight excluding hydrogens is 444 g/mol. The summed E-state index contributed by atoms with van der Waals surface area (Å²) >= 11 is 1.69. The van der Waals surface area contributed by atoms with Crippen molar-refractivity contribution in [1.29, 1.82) is 0 Å². The summed E-state index contributed by atoms with van der Waals surface area (Å²) in [5.74, 6) is 0.355. The standard InChI is InChI=1S/C24H36N2O4S2/c1-23(2,3)19-12-18(13-20(22(19)28)24(4,5)6)31-17-10-11-26(14-17)32(29,30)21-9-8-16(15-27)25(21)7/h8-9,12-13,17,27-28H,10-11,14-15H2,1-7H3/t17-/m0/s1. The van der Waals surface area contributed by atoms with Crippen LogP contribution in [0.4, 0.5) is 0 Å². The summed E-state index contributed by atoms with van der Waals surface area (Å²) in [5.41, 5.74) is 1.98. The molecular formula is C24H36N2O4S2. The maximum atomic E-state index is 13.2. The van der Waals surface area contributed by atoms with Crippen molar-refractivity contribution in [2.24, 2.45) is 7.05 Å². The Bertz CT molecular complexity index is 1060. The van der Waals surface area contributed by atoms with Gasteiger partial charge in [0.15, 0.2) is 5.03 Å². The highest BCUT2D eigenvalue weighted by atomic mass is 32.2. The molecule has 6 nitrogen and oxygen atoms in total. The summed E-state index contributed by atoms with van der Waals surface area (Å²) in [6, 6.07) is 7.31. The Balaban J connectivity index is 1.86. The molecule has 0 amide bonds. The van der Waals surface area contributed by atoms with E-state index in [1.165, 1.54) is 4.31 Å². The van der Waals surface area contributed by atoms with Crippen molar-refractivity contribution in [3.8, 4) is 5.75 Å². The quantitative estimate of drug-likeness (QED) is 0.664. The monoisotopic (exact) mass is 480 g/mol. The third-order valence-electron chi connectivity index (χ3n) is 6.06. The van der Waals surface area contributed by atoms with E-state index < -0.39 is 10.0 Å². The van der Waals surface area contributed by atoms with Crippen molar-refractivity contribution >= 4 is 21.8 Å². The van der Waals surface area contributed by atoms with Crippen LogP contribution >= 0.6 is 11.8 Å². The number of benzene rings is 1. The molecule has 1 atom stereocenters. The molecule has 0 aliphatic carbocycles. The van der Waals surface area contributed by atoms with E-state index in [1.54, 1.807) is 35.5 Å². The van der Waals surface area contributed by atoms with Gasteiger partial charge in [0.2, 0.25) is 0 Å². The largest absolute Gasteiger partial charge is 0.507 e. The summed E-state index contributed by atoms with van der Waals surface area (Å²) < 4.78 is 29.4. The highest BCUT2D eigenvalue weighted by Gasteiger charge is 2.35. The lowest BCUT2D eigenvalue weighted by Crippen LogP contribution is -2.30. The van der Waals surface area contributed by atoms with Crippen LogP contribution < -0.4 is 0 Å². The molecule has 32 heavy (non-hydrogen) atoms. The number of aromatic hydroxyl groups is 1. The van der Waals surface area contributed by atoms with Gasteiger partial charge in [-0.05, 0) is 41.5 Å². The predicted molar refractivity (Wildman–Crippen MR) is 130 cm³/mol. The van der Waals surface area contributed by atoms with Crippen LogP contribution in [0.1, 0.15) is 64.8 Å². The van der Waals surface area contributed by atoms with Gasteiger partial charge in [-0.25, -0.2) is 8.42 Å². The molecule has 8 heteroatoms. The van der Waals surface area contributed by atoms with Gasteiger partial charge < -0.3 is 14.8 Å². The van der Waals surface area contributed by atoms with E-state index in [0.29, 0.717) is 24.5 Å². The number of rotatable bonds is 5. The zero-order valence-electron chi connectivity index (χ0n) is 20.1. The molecule has 1 aromatic heterocycles. The molecule has 1 aromatic carbocycles. The number of aliphatic hydroxyl groups excluding tert-OH is 1. The van der Waals surface area contributed by atoms with Crippen molar-refractivity contribution in [1.82, 2.24) is 8.87 Å². The fraction of sp³-hybridized carbons (Fsp3) is 0.583. The van der Waals surface area contributed by atoms with E-state index in [1.807, 2.05) is 0 Å². The van der Waals surface area contributed by atoms with Crippen LogP contribution in [0.2, 0.25) is 0 Å². The Labute approximate surface area is 196 Å². The highest BCUT2D eigenvalue weighted by Crippen LogP contribution is 2.43. The average Bonchev–Trinajstić information content (AvgIpc) is 3.28. The summed E-state index contributed by atoms with van der Waals surface area (Å²) in [4.78, 5) is 1.06. The van der Waals surface area contributed by atoms with E-state index in [4.69, 9.17) is 0 Å². The number of nitrogens with zero attached hydrogens (tertiary/aromatic N) is 2. The van der Waals surface area contributed by atoms with Crippen LogP contribution in [0.15, 0.2) is 34.2 Å². The Hall–Kier alpha value is -1.48. The van der Waals surface area contributed by atoms with Crippen LogP contribution in [-0.2, 0) is 34.5 Å². The molecule has 0 spiro atoms. The van der Waals surface area contributed by atoms with Crippen LogP contribution in [0.3, 0.4) is 0 Å². The van der Waals surface area contributed by atoms with Gasteiger partial charge in [-0.1, -0.05) is 41.5 Å². The number of sulfonamides is 1. The minimum absolute atomic E-state index is 0.132. The van der Waals surface area contributed by atoms with E-state index in [9.17, 15) is 18.6 Å². The molecule has 0 unspecified atom stereocenters. The number of phenols is 1. The Morgan fingerprint density at radius 2 is 1.62 bits per heavy atom. The number of thioether (sulfide) groups is 1. The molecule has 0 bridgehead atoms. The van der Waals surface area contributed by atoms with E-state index >= 15 is 0 Å². The maximum Gasteiger partial charge on any atom is 0.258 e. The van der Waals surface area contributed by atoms with Crippen molar-refractivity contribution in [2.75, 3.05) is 13.1 Å². The Kier molecular flexibility index (Phi) is 6.84. The van der Waals surface area contributed by atoms with Crippen molar-refractivity contribution in [3.05, 3.63) is 41.1 Å². The van der Waals surface area contributed by atoms with Crippen LogP contribution in [0.5, 0.6) is 5.75 Å². The van der Waals surface area contributed by atoms with Gasteiger partial charge >= 0.3 is 0 Å². The average molecular weight is 481 g/mol. The number of hydrogen-bond donors (Lipinski definition) is 2. The Morgan fingerprint density at radius 3 is 2.09 bits per heavy atom. The zero-order chi connectivity index (χ0) is 24.1. The van der Waals surface area contributed by atoms with Gasteiger partial charge in [0, 0.05) is 47.1 Å². The zero-order valence-corrected chi connectivity index (χ0v) is 21.8. The van der Waals surface area contributed by atoms with Gasteiger partial charge in [0.1, 0.15) is 5.75 Å². The summed E-state index contributed by atoms with van der Waals surface area (Å²) in [6.07, 6.45) is 0.762. The van der Waals surface area contributed by atoms with E-state index in [-0.39, 0.29) is 27.7 Å². The first-order valence-electron chi connectivity index (χ1n) is 11.0. The van der Waals surface area contributed by atoms with Crippen molar-refractivity contribution in [3.63, 3.8) is 0 Å². The molecule has 2 heterocycles. The van der Waals surface area contributed by atoms with Gasteiger partial charge in [-0.2, -0.15) is 4.31 Å². The number of aliphatic hydroxyl groups is 1. The van der Waals surface area contributed by atoms with Gasteiger partial charge in [0.05, 0.1) is 6.61 Å². The van der Waals surface area contributed by atoms with Crippen LogP contribution in [-0.4, -0.2) is 45.8 Å². The number of phenolic OH excluding ortho intramolecular Hbond substituents is 1. The lowest BCUT2D eigenvalue weighted by atomic mass is 9.79. The maximum absolute atomic E-state index is 13.2. The minimum atomic E-state index is -3.62. The predicted octanol–water partition coefficient (Wildman–Crippen LogP) is 4.37. The molecule has 0 radical (unpaired) electrons. The first-order valence-corrected chi connectivity index (χ1v) is 13.3. The van der Waals surface area contributed by atoms with Crippen LogP contribution in [0, 0.1) is 0 Å². The fourth-order valence-electron chi connectivity index (χ4n) is 4.11. The second kappa shape index (κ2) is 8.70. The first-order chi connectivity index (χ1) is 14.7. The van der Waals surface area contributed by atoms with Crippen molar-refractivity contribution in [2.45, 2.75) is 80.6 Å². The van der Waals surface area contributed by atoms with Crippen molar-refractivity contribution < 1.29 is 18.6 Å². The summed E-state index contributed by atoms with van der Waals surface area (Å²) in [7, 11) is -1.96. The van der Waals surface area contributed by atoms with Gasteiger partial charge in [0.25, 0.3) is 10.0 Å². The molecule has 178 valence electrons. The number of aromatic nitrogens is 1. The second-order valence-electron chi connectivity index (χ2n) is 10.6. The molecule has 3 rings (SSSR count). The van der Waals surface area contributed by atoms with E-state index in [2.05, 4.69) is 53.7 Å². The SMILES string of the molecule is Cn1c(CO)ccc1S(=O)(=O)N1CC[C@H](Sc2cc(C(C)(C)C)c(O)c(C(C)(C)C)c2)C1. The molecule has 1 aliphatic heterocycles. The molecule has 2 aromatic rings. The smallest absolute Gasteiger partial charge is 0.258 e. The highest BCUT2D eigenvalue weighted by molar-refractivity contribution is 8.00. The number of hydrogen-bond acceptors (Lipinski definition) is 5. The molecule has 2 N–H and O–H groups in total. The van der Waals surface area contributed by atoms with Crippen LogP contribution in [0.25, 0.3) is 0 Å². The fourth-order valence-corrected chi connectivity index (χ4v) is 7.13. The molecule has 1 fully saturated rings. The third kappa shape index (κ3) is 4.88. The second-order valence-corrected chi connectivity index (χ2v) is 13.9. The van der Waals surface area contributed by atoms with E-state index in [0.717, 1.165) is 22.4 Å². The first kappa shape index (κ1) is 25.1. The van der Waals surface area contributed by atoms with Gasteiger partial charge in [-0.3, -0.25) is 0 Å². The third-order valence-corrected chi connectivity index (χ3v) is 9.23. The summed E-state index contributed by atoms with van der Waals surface area (Å²) in [6.45, 7) is 13.2. The normalized spacial score (nSPS) is 18.4. The topological polar surface area (TPSA) is 82.8 Å². The lowest BCUT2D eigenvalue weighted by Gasteiger charge is -2.28.